The van der Waals surface area contributed by atoms with Crippen LogP contribution in [0.4, 0.5) is 5.69 Å². The van der Waals surface area contributed by atoms with Gasteiger partial charge in [-0.05, 0) is 41.8 Å². The molecule has 0 fully saturated rings. The van der Waals surface area contributed by atoms with Crippen molar-refractivity contribution >= 4 is 5.69 Å². The second-order valence-corrected chi connectivity index (χ2v) is 6.16. The molecule has 0 amide bonds. The number of hydrogen-bond donors (Lipinski definition) is 0. The molecule has 0 atom stereocenters. The highest BCUT2D eigenvalue weighted by Crippen LogP contribution is 2.34. The van der Waals surface area contributed by atoms with Crippen molar-refractivity contribution in [3.05, 3.63) is 83.9 Å². The minimum Gasteiger partial charge on any atom is -0.488 e. The average molecular weight is 317 g/mol. The SMILES string of the molecule is Cc1ccc(N(C)C)cc1-c1ccccc1OCc1ccccc1. The second-order valence-electron chi connectivity index (χ2n) is 6.16. The molecule has 0 spiro atoms. The van der Waals surface area contributed by atoms with Gasteiger partial charge in [0.2, 0.25) is 0 Å². The van der Waals surface area contributed by atoms with Crippen molar-refractivity contribution in [2.75, 3.05) is 19.0 Å². The summed E-state index contributed by atoms with van der Waals surface area (Å²) >= 11 is 0. The zero-order valence-electron chi connectivity index (χ0n) is 14.5. The van der Waals surface area contributed by atoms with Gasteiger partial charge in [0.25, 0.3) is 0 Å². The number of para-hydroxylation sites is 1. The van der Waals surface area contributed by atoms with E-state index in [1.807, 2.05) is 30.3 Å². The van der Waals surface area contributed by atoms with Crippen LogP contribution in [0.2, 0.25) is 0 Å². The van der Waals surface area contributed by atoms with E-state index in [2.05, 4.69) is 68.4 Å². The lowest BCUT2D eigenvalue weighted by atomic mass is 9.99. The minimum absolute atomic E-state index is 0.574. The highest BCUT2D eigenvalue weighted by atomic mass is 16.5. The molecular weight excluding hydrogens is 294 g/mol. The van der Waals surface area contributed by atoms with Gasteiger partial charge in [0.15, 0.2) is 0 Å². The summed E-state index contributed by atoms with van der Waals surface area (Å²) in [5, 5.41) is 0. The van der Waals surface area contributed by atoms with Gasteiger partial charge in [-0.3, -0.25) is 0 Å². The molecule has 0 aliphatic rings. The van der Waals surface area contributed by atoms with Crippen molar-refractivity contribution in [3.63, 3.8) is 0 Å². The van der Waals surface area contributed by atoms with Gasteiger partial charge < -0.3 is 9.64 Å². The van der Waals surface area contributed by atoms with Crippen LogP contribution in [-0.2, 0) is 6.61 Å². The molecule has 0 saturated heterocycles. The molecular formula is C22H23NO. The number of ether oxygens (including phenoxy) is 1. The van der Waals surface area contributed by atoms with E-state index in [4.69, 9.17) is 4.74 Å². The van der Waals surface area contributed by atoms with Gasteiger partial charge in [0.1, 0.15) is 12.4 Å². The third kappa shape index (κ3) is 3.60. The van der Waals surface area contributed by atoms with Crippen LogP contribution >= 0.6 is 0 Å². The Morgan fingerprint density at radius 1 is 0.792 bits per heavy atom. The van der Waals surface area contributed by atoms with Crippen LogP contribution in [0.3, 0.4) is 0 Å². The Bertz CT molecular complexity index is 809. The fourth-order valence-electron chi connectivity index (χ4n) is 2.73. The largest absolute Gasteiger partial charge is 0.488 e. The lowest BCUT2D eigenvalue weighted by molar-refractivity contribution is 0.307. The Balaban J connectivity index is 1.93. The van der Waals surface area contributed by atoms with E-state index < -0.39 is 0 Å². The molecule has 0 unspecified atom stereocenters. The number of benzene rings is 3. The lowest BCUT2D eigenvalue weighted by Crippen LogP contribution is -2.08. The van der Waals surface area contributed by atoms with E-state index in [0.29, 0.717) is 6.61 Å². The Morgan fingerprint density at radius 3 is 2.25 bits per heavy atom. The van der Waals surface area contributed by atoms with E-state index in [1.165, 1.54) is 22.4 Å². The van der Waals surface area contributed by atoms with E-state index in [0.717, 1.165) is 11.3 Å². The van der Waals surface area contributed by atoms with Crippen LogP contribution in [0.5, 0.6) is 5.75 Å². The van der Waals surface area contributed by atoms with Crippen LogP contribution in [0.1, 0.15) is 11.1 Å². The summed E-state index contributed by atoms with van der Waals surface area (Å²) in [5.41, 5.74) is 5.95. The average Bonchev–Trinajstić information content (AvgIpc) is 2.61. The monoisotopic (exact) mass is 317 g/mol. The summed E-state index contributed by atoms with van der Waals surface area (Å²) in [4.78, 5) is 2.12. The molecule has 0 radical (unpaired) electrons. The predicted octanol–water partition coefficient (Wildman–Crippen LogP) is 5.31. The Morgan fingerprint density at radius 2 is 1.50 bits per heavy atom. The molecule has 0 aliphatic carbocycles. The summed E-state index contributed by atoms with van der Waals surface area (Å²) in [7, 11) is 4.12. The van der Waals surface area contributed by atoms with Gasteiger partial charge in [-0.1, -0.05) is 54.6 Å². The number of hydrogen-bond acceptors (Lipinski definition) is 2. The predicted molar refractivity (Wildman–Crippen MR) is 102 cm³/mol. The van der Waals surface area contributed by atoms with Crippen LogP contribution in [-0.4, -0.2) is 14.1 Å². The number of anilines is 1. The van der Waals surface area contributed by atoms with Gasteiger partial charge in [-0.25, -0.2) is 0 Å². The maximum atomic E-state index is 6.12. The van der Waals surface area contributed by atoms with Crippen molar-refractivity contribution in [2.45, 2.75) is 13.5 Å². The molecule has 0 saturated carbocycles. The van der Waals surface area contributed by atoms with E-state index in [-0.39, 0.29) is 0 Å². The maximum absolute atomic E-state index is 6.12. The van der Waals surface area contributed by atoms with Crippen molar-refractivity contribution < 1.29 is 4.74 Å². The standard InChI is InChI=1S/C22H23NO/c1-17-13-14-19(23(2)3)15-21(17)20-11-7-8-12-22(20)24-16-18-9-5-4-6-10-18/h4-15H,16H2,1-3H3. The third-order valence-electron chi connectivity index (χ3n) is 4.15. The Hall–Kier alpha value is -2.74. The van der Waals surface area contributed by atoms with Crippen molar-refractivity contribution in [2.24, 2.45) is 0 Å². The molecule has 0 aromatic heterocycles. The van der Waals surface area contributed by atoms with E-state index in [1.54, 1.807) is 0 Å². The molecule has 3 aromatic rings. The lowest BCUT2D eigenvalue weighted by Gasteiger charge is -2.17. The summed E-state index contributed by atoms with van der Waals surface area (Å²) in [6, 6.07) is 25.0. The summed E-state index contributed by atoms with van der Waals surface area (Å²) in [6.07, 6.45) is 0. The normalized spacial score (nSPS) is 10.5. The van der Waals surface area contributed by atoms with Gasteiger partial charge in [0, 0.05) is 25.3 Å². The maximum Gasteiger partial charge on any atom is 0.127 e. The smallest absolute Gasteiger partial charge is 0.127 e. The first-order chi connectivity index (χ1) is 11.6. The first kappa shape index (κ1) is 16.1. The van der Waals surface area contributed by atoms with Crippen LogP contribution in [0, 0.1) is 6.92 Å². The molecule has 3 aromatic carbocycles. The molecule has 122 valence electrons. The number of rotatable bonds is 5. The third-order valence-corrected chi connectivity index (χ3v) is 4.15. The minimum atomic E-state index is 0.574. The molecule has 0 N–H and O–H groups in total. The van der Waals surface area contributed by atoms with Crippen LogP contribution in [0.15, 0.2) is 72.8 Å². The fourth-order valence-corrected chi connectivity index (χ4v) is 2.73. The van der Waals surface area contributed by atoms with Gasteiger partial charge in [-0.15, -0.1) is 0 Å². The zero-order chi connectivity index (χ0) is 16.9. The highest BCUT2D eigenvalue weighted by molar-refractivity contribution is 5.76. The highest BCUT2D eigenvalue weighted by Gasteiger charge is 2.10. The topological polar surface area (TPSA) is 12.5 Å². The summed E-state index contributed by atoms with van der Waals surface area (Å²) in [6.45, 7) is 2.72. The molecule has 2 nitrogen and oxygen atoms in total. The summed E-state index contributed by atoms with van der Waals surface area (Å²) in [5.74, 6) is 0.917. The van der Waals surface area contributed by atoms with Gasteiger partial charge in [-0.2, -0.15) is 0 Å². The molecule has 0 aliphatic heterocycles. The van der Waals surface area contributed by atoms with E-state index >= 15 is 0 Å². The number of aryl methyl sites for hydroxylation is 1. The molecule has 3 rings (SSSR count). The molecule has 24 heavy (non-hydrogen) atoms. The number of nitrogens with zero attached hydrogens (tertiary/aromatic N) is 1. The van der Waals surface area contributed by atoms with Crippen molar-refractivity contribution in [1.29, 1.82) is 0 Å². The van der Waals surface area contributed by atoms with Gasteiger partial charge >= 0.3 is 0 Å². The van der Waals surface area contributed by atoms with E-state index in [9.17, 15) is 0 Å². The summed E-state index contributed by atoms with van der Waals surface area (Å²) < 4.78 is 6.12. The van der Waals surface area contributed by atoms with Crippen molar-refractivity contribution in [1.82, 2.24) is 0 Å². The first-order valence-electron chi connectivity index (χ1n) is 8.19. The fraction of sp³-hybridized carbons (Fsp3) is 0.182. The molecule has 2 heteroatoms. The second kappa shape index (κ2) is 7.22. The van der Waals surface area contributed by atoms with Crippen LogP contribution in [0.25, 0.3) is 11.1 Å². The first-order valence-corrected chi connectivity index (χ1v) is 8.19. The quantitative estimate of drug-likeness (QED) is 0.632. The zero-order valence-corrected chi connectivity index (χ0v) is 14.5. The molecule has 0 bridgehead atoms. The van der Waals surface area contributed by atoms with Crippen molar-refractivity contribution in [3.8, 4) is 16.9 Å². The van der Waals surface area contributed by atoms with Crippen LogP contribution < -0.4 is 9.64 Å². The Kier molecular flexibility index (Phi) is 4.85. The molecule has 0 heterocycles. The van der Waals surface area contributed by atoms with Gasteiger partial charge in [0.05, 0.1) is 0 Å². The Labute approximate surface area is 144 Å².